The summed E-state index contributed by atoms with van der Waals surface area (Å²) >= 11 is 14.3. The highest BCUT2D eigenvalue weighted by Gasteiger charge is 2.15. The summed E-state index contributed by atoms with van der Waals surface area (Å²) in [5, 5.41) is 4.76. The van der Waals surface area contributed by atoms with Gasteiger partial charge in [-0.3, -0.25) is 0 Å². The minimum atomic E-state index is 0.379. The van der Waals surface area contributed by atoms with Gasteiger partial charge in [0.15, 0.2) is 0 Å². The molecule has 0 aliphatic rings. The van der Waals surface area contributed by atoms with Crippen LogP contribution < -0.4 is 4.74 Å². The van der Waals surface area contributed by atoms with Crippen molar-refractivity contribution in [2.75, 3.05) is 7.11 Å². The Labute approximate surface area is 142 Å². The standard InChI is InChI=1S/C16H14Cl2N2OS/c1-8(2)12-7-22-16(20-12)11-6-10(17)9-4-5-13(21-3)14(18)15(9)19-11/h4-8H,1-3H3. The Morgan fingerprint density at radius 1 is 1.18 bits per heavy atom. The molecule has 6 heteroatoms. The predicted octanol–water partition coefficient (Wildman–Crippen LogP) is 5.80. The van der Waals surface area contributed by atoms with Gasteiger partial charge in [-0.1, -0.05) is 37.0 Å². The predicted molar refractivity (Wildman–Crippen MR) is 93.5 cm³/mol. The van der Waals surface area contributed by atoms with Crippen molar-refractivity contribution in [3.05, 3.63) is 39.3 Å². The van der Waals surface area contributed by atoms with E-state index >= 15 is 0 Å². The molecule has 2 heterocycles. The van der Waals surface area contributed by atoms with Crippen LogP contribution in [0.5, 0.6) is 5.75 Å². The van der Waals surface area contributed by atoms with Crippen molar-refractivity contribution < 1.29 is 4.74 Å². The molecule has 1 aromatic carbocycles. The maximum Gasteiger partial charge on any atom is 0.142 e. The summed E-state index contributed by atoms with van der Waals surface area (Å²) in [6, 6.07) is 5.48. The molecule has 0 bridgehead atoms. The number of ether oxygens (including phenoxy) is 1. The molecule has 0 saturated carbocycles. The summed E-state index contributed by atoms with van der Waals surface area (Å²) in [6.07, 6.45) is 0. The molecule has 0 saturated heterocycles. The monoisotopic (exact) mass is 352 g/mol. The van der Waals surface area contributed by atoms with E-state index in [-0.39, 0.29) is 0 Å². The van der Waals surface area contributed by atoms with Crippen LogP contribution in [-0.4, -0.2) is 17.1 Å². The largest absolute Gasteiger partial charge is 0.495 e. The summed E-state index contributed by atoms with van der Waals surface area (Å²) in [5.41, 5.74) is 2.41. The van der Waals surface area contributed by atoms with Crippen LogP contribution in [0.1, 0.15) is 25.5 Å². The van der Waals surface area contributed by atoms with E-state index in [1.165, 1.54) is 0 Å². The van der Waals surface area contributed by atoms with E-state index in [9.17, 15) is 0 Å². The molecule has 0 aliphatic heterocycles. The van der Waals surface area contributed by atoms with Crippen molar-refractivity contribution in [1.82, 2.24) is 9.97 Å². The SMILES string of the molecule is COc1ccc2c(Cl)cc(-c3nc(C(C)C)cs3)nc2c1Cl. The zero-order valence-corrected chi connectivity index (χ0v) is 14.7. The summed E-state index contributed by atoms with van der Waals surface area (Å²) in [4.78, 5) is 9.26. The first kappa shape index (κ1) is 15.5. The summed E-state index contributed by atoms with van der Waals surface area (Å²) < 4.78 is 5.25. The van der Waals surface area contributed by atoms with Crippen LogP contribution in [0, 0.1) is 0 Å². The minimum Gasteiger partial charge on any atom is -0.495 e. The second-order valence-corrected chi connectivity index (χ2v) is 6.84. The Morgan fingerprint density at radius 2 is 1.95 bits per heavy atom. The van der Waals surface area contributed by atoms with E-state index in [1.54, 1.807) is 24.5 Å². The fourth-order valence-corrected chi connectivity index (χ4v) is 3.62. The number of thiazole rings is 1. The fourth-order valence-electron chi connectivity index (χ4n) is 2.13. The lowest BCUT2D eigenvalue weighted by Crippen LogP contribution is -1.91. The molecule has 0 spiro atoms. The second kappa shape index (κ2) is 6.03. The number of nitrogens with zero attached hydrogens (tertiary/aromatic N) is 2. The van der Waals surface area contributed by atoms with Crippen molar-refractivity contribution in [3.63, 3.8) is 0 Å². The first-order valence-electron chi connectivity index (χ1n) is 6.79. The average Bonchev–Trinajstić information content (AvgIpc) is 2.98. The summed E-state index contributed by atoms with van der Waals surface area (Å²) in [5.74, 6) is 0.960. The van der Waals surface area contributed by atoms with E-state index in [2.05, 4.69) is 23.8 Å². The van der Waals surface area contributed by atoms with Crippen molar-refractivity contribution in [2.24, 2.45) is 0 Å². The van der Waals surface area contributed by atoms with Gasteiger partial charge in [0.1, 0.15) is 21.5 Å². The Hall–Kier alpha value is -1.36. The van der Waals surface area contributed by atoms with E-state index in [0.29, 0.717) is 27.2 Å². The molecular weight excluding hydrogens is 339 g/mol. The van der Waals surface area contributed by atoms with Crippen LogP contribution in [0.15, 0.2) is 23.6 Å². The third kappa shape index (κ3) is 2.67. The zero-order valence-electron chi connectivity index (χ0n) is 12.4. The van der Waals surface area contributed by atoms with E-state index < -0.39 is 0 Å². The molecule has 0 unspecified atom stereocenters. The molecular formula is C16H14Cl2N2OS. The van der Waals surface area contributed by atoms with Crippen LogP contribution >= 0.6 is 34.5 Å². The fraction of sp³-hybridized carbons (Fsp3) is 0.250. The Morgan fingerprint density at radius 3 is 2.59 bits per heavy atom. The average molecular weight is 353 g/mol. The van der Waals surface area contributed by atoms with Crippen LogP contribution in [0.2, 0.25) is 10.0 Å². The molecule has 3 rings (SSSR count). The van der Waals surface area contributed by atoms with Crippen molar-refractivity contribution >= 4 is 45.4 Å². The van der Waals surface area contributed by atoms with E-state index in [1.807, 2.05) is 17.5 Å². The van der Waals surface area contributed by atoms with Gasteiger partial charge in [0.2, 0.25) is 0 Å². The number of hydrogen-bond donors (Lipinski definition) is 0. The molecule has 0 aliphatic carbocycles. The number of fused-ring (bicyclic) bond motifs is 1. The number of halogens is 2. The molecule has 3 aromatic rings. The molecule has 22 heavy (non-hydrogen) atoms. The summed E-state index contributed by atoms with van der Waals surface area (Å²) in [7, 11) is 1.58. The smallest absolute Gasteiger partial charge is 0.142 e. The number of aromatic nitrogens is 2. The highest BCUT2D eigenvalue weighted by atomic mass is 35.5. The highest BCUT2D eigenvalue weighted by molar-refractivity contribution is 7.13. The number of rotatable bonds is 3. The lowest BCUT2D eigenvalue weighted by Gasteiger charge is -2.08. The van der Waals surface area contributed by atoms with Crippen LogP contribution in [0.25, 0.3) is 21.6 Å². The topological polar surface area (TPSA) is 35.0 Å². The number of pyridine rings is 1. The minimum absolute atomic E-state index is 0.379. The third-order valence-corrected chi connectivity index (χ3v) is 4.95. The molecule has 0 amide bonds. The molecule has 0 radical (unpaired) electrons. The van der Waals surface area contributed by atoms with Gasteiger partial charge in [-0.25, -0.2) is 9.97 Å². The maximum atomic E-state index is 6.39. The van der Waals surface area contributed by atoms with E-state index in [4.69, 9.17) is 27.9 Å². The van der Waals surface area contributed by atoms with Gasteiger partial charge < -0.3 is 4.74 Å². The third-order valence-electron chi connectivity index (χ3n) is 3.39. The number of hydrogen-bond acceptors (Lipinski definition) is 4. The second-order valence-electron chi connectivity index (χ2n) is 5.20. The number of benzene rings is 1. The van der Waals surface area contributed by atoms with Gasteiger partial charge in [-0.2, -0.15) is 0 Å². The van der Waals surface area contributed by atoms with Crippen molar-refractivity contribution in [2.45, 2.75) is 19.8 Å². The molecule has 2 aromatic heterocycles. The zero-order chi connectivity index (χ0) is 15.9. The molecule has 0 fully saturated rings. The van der Waals surface area contributed by atoms with Gasteiger partial charge in [-0.15, -0.1) is 11.3 Å². The molecule has 0 atom stereocenters. The van der Waals surface area contributed by atoms with Crippen LogP contribution in [-0.2, 0) is 0 Å². The van der Waals surface area contributed by atoms with Crippen LogP contribution in [0.4, 0.5) is 0 Å². The first-order chi connectivity index (χ1) is 10.5. The van der Waals surface area contributed by atoms with Crippen molar-refractivity contribution in [1.29, 1.82) is 0 Å². The normalized spacial score (nSPS) is 11.4. The van der Waals surface area contributed by atoms with Crippen molar-refractivity contribution in [3.8, 4) is 16.5 Å². The quantitative estimate of drug-likeness (QED) is 0.597. The van der Waals surface area contributed by atoms with Gasteiger partial charge >= 0.3 is 0 Å². The Balaban J connectivity index is 2.20. The van der Waals surface area contributed by atoms with Gasteiger partial charge in [-0.05, 0) is 24.1 Å². The number of methoxy groups -OCH3 is 1. The first-order valence-corrected chi connectivity index (χ1v) is 8.43. The van der Waals surface area contributed by atoms with Gasteiger partial charge in [0.05, 0.1) is 23.3 Å². The summed E-state index contributed by atoms with van der Waals surface area (Å²) in [6.45, 7) is 4.22. The molecule has 0 N–H and O–H groups in total. The maximum absolute atomic E-state index is 6.39. The van der Waals surface area contributed by atoms with Gasteiger partial charge in [0.25, 0.3) is 0 Å². The Kier molecular flexibility index (Phi) is 4.26. The lowest BCUT2D eigenvalue weighted by atomic mass is 10.1. The van der Waals surface area contributed by atoms with Crippen LogP contribution in [0.3, 0.4) is 0 Å². The Bertz CT molecular complexity index is 846. The van der Waals surface area contributed by atoms with E-state index in [0.717, 1.165) is 21.8 Å². The highest BCUT2D eigenvalue weighted by Crippen LogP contribution is 2.37. The lowest BCUT2D eigenvalue weighted by molar-refractivity contribution is 0.415. The molecule has 114 valence electrons. The van der Waals surface area contributed by atoms with Gasteiger partial charge in [0, 0.05) is 10.8 Å². The molecule has 3 nitrogen and oxygen atoms in total.